The highest BCUT2D eigenvalue weighted by atomic mass is 32.1. The summed E-state index contributed by atoms with van der Waals surface area (Å²) < 4.78 is 0. The molecule has 0 fully saturated rings. The van der Waals surface area contributed by atoms with Crippen molar-refractivity contribution >= 4 is 30.0 Å². The van der Waals surface area contributed by atoms with E-state index in [2.05, 4.69) is 11.7 Å². The van der Waals surface area contributed by atoms with E-state index in [1.807, 2.05) is 26.0 Å². The van der Waals surface area contributed by atoms with Crippen LogP contribution < -0.4 is 0 Å². The van der Waals surface area contributed by atoms with Crippen molar-refractivity contribution < 1.29 is 0 Å². The van der Waals surface area contributed by atoms with Crippen LogP contribution in [0.1, 0.15) is 16.7 Å². The lowest BCUT2D eigenvalue weighted by atomic mass is 10.1. The van der Waals surface area contributed by atoms with Crippen LogP contribution in [0, 0.1) is 13.8 Å². The van der Waals surface area contributed by atoms with Crippen LogP contribution in [0.4, 0.5) is 5.69 Å². The molecule has 0 aliphatic rings. The lowest BCUT2D eigenvalue weighted by Crippen LogP contribution is -1.86. The van der Waals surface area contributed by atoms with Crippen LogP contribution in [0.2, 0.25) is 0 Å². The Hall–Kier alpha value is -1.02. The molecule has 0 aliphatic carbocycles. The van der Waals surface area contributed by atoms with E-state index < -0.39 is 0 Å². The molecule has 0 aliphatic heterocycles. The molecule has 0 heterocycles. The minimum absolute atomic E-state index is 0.938. The molecule has 1 rings (SSSR count). The van der Waals surface area contributed by atoms with Gasteiger partial charge in [-0.3, -0.25) is 4.99 Å². The van der Waals surface area contributed by atoms with E-state index in [1.54, 1.807) is 5.37 Å². The second kappa shape index (κ2) is 3.59. The summed E-state index contributed by atoms with van der Waals surface area (Å²) in [5.41, 5.74) is 4.30. The largest absolute Gasteiger partial charge is 0.264 e. The zero-order chi connectivity index (χ0) is 9.14. The number of hydrogen-bond acceptors (Lipinski definition) is 2. The highest BCUT2D eigenvalue weighted by Gasteiger charge is 1.99. The molecule has 1 nitrogen and oxygen atoms in total. The molecule has 0 atom stereocenters. The Morgan fingerprint density at radius 3 is 2.50 bits per heavy atom. The third-order valence-corrected chi connectivity index (χ3v) is 2.14. The number of benzene rings is 1. The van der Waals surface area contributed by atoms with E-state index in [4.69, 9.17) is 12.2 Å². The first kappa shape index (κ1) is 9.07. The van der Waals surface area contributed by atoms with E-state index in [0.29, 0.717) is 0 Å². The van der Waals surface area contributed by atoms with Gasteiger partial charge < -0.3 is 0 Å². The van der Waals surface area contributed by atoms with E-state index in [9.17, 15) is 0 Å². The number of thiocarbonyl (C=S) groups is 1. The van der Waals surface area contributed by atoms with E-state index in [0.717, 1.165) is 22.4 Å². The number of rotatable bonds is 2. The maximum atomic E-state index is 4.87. The third-order valence-electron chi connectivity index (χ3n) is 1.88. The lowest BCUT2D eigenvalue weighted by molar-refractivity contribution is 1.35. The Labute approximate surface area is 78.1 Å². The molecule has 1 aromatic carbocycles. The fourth-order valence-electron chi connectivity index (χ4n) is 1.12. The highest BCUT2D eigenvalue weighted by molar-refractivity contribution is 7.79. The van der Waals surface area contributed by atoms with Gasteiger partial charge in [-0.1, -0.05) is 12.2 Å². The zero-order valence-electron chi connectivity index (χ0n) is 7.29. The fourth-order valence-corrected chi connectivity index (χ4v) is 1.37. The van der Waals surface area contributed by atoms with Crippen molar-refractivity contribution in [2.24, 2.45) is 4.99 Å². The summed E-state index contributed by atoms with van der Waals surface area (Å²) in [6.07, 6.45) is 0. The molecule has 1 aromatic rings. The van der Waals surface area contributed by atoms with Crippen LogP contribution in [-0.4, -0.2) is 12.1 Å². The number of aryl methyl sites for hydroxylation is 2. The van der Waals surface area contributed by atoms with Gasteiger partial charge in [0.1, 0.15) is 0 Å². The van der Waals surface area contributed by atoms with Gasteiger partial charge in [-0.15, -0.1) is 0 Å². The van der Waals surface area contributed by atoms with Crippen molar-refractivity contribution in [1.29, 1.82) is 0 Å². The predicted molar refractivity (Wildman–Crippen MR) is 57.9 cm³/mol. The Morgan fingerprint density at radius 1 is 1.33 bits per heavy atom. The predicted octanol–water partition coefficient (Wildman–Crippen LogP) is 2.98. The fraction of sp³-hybridized carbons (Fsp3) is 0.200. The molecular formula is C10H11NS. The zero-order valence-corrected chi connectivity index (χ0v) is 8.11. The van der Waals surface area contributed by atoms with Gasteiger partial charge in [-0.2, -0.15) is 0 Å². The van der Waals surface area contributed by atoms with Crippen LogP contribution >= 0.6 is 12.2 Å². The summed E-state index contributed by atoms with van der Waals surface area (Å²) in [6.45, 7) is 7.53. The standard InChI is InChI=1S/C10H11NS/c1-7-5-10(11-3)8(2)4-9(7)6-12/h4-6H,3H2,1-2H3. The molecule has 0 aromatic heterocycles. The Kier molecular flexibility index (Phi) is 2.71. The van der Waals surface area contributed by atoms with Gasteiger partial charge in [0, 0.05) is 5.37 Å². The van der Waals surface area contributed by atoms with Gasteiger partial charge >= 0.3 is 0 Å². The SMILES string of the molecule is C=Nc1cc(C)c(C=S)cc1C. The summed E-state index contributed by atoms with van der Waals surface area (Å²) in [4.78, 5) is 3.91. The summed E-state index contributed by atoms with van der Waals surface area (Å²) in [6, 6.07) is 4.03. The molecule has 0 amide bonds. The number of hydrogen-bond donors (Lipinski definition) is 0. The van der Waals surface area contributed by atoms with Gasteiger partial charge in [0.15, 0.2) is 0 Å². The second-order valence-corrected chi connectivity index (χ2v) is 3.01. The third kappa shape index (κ3) is 1.59. The van der Waals surface area contributed by atoms with Crippen LogP contribution in [0.5, 0.6) is 0 Å². The van der Waals surface area contributed by atoms with Gasteiger partial charge in [0.25, 0.3) is 0 Å². The first-order valence-electron chi connectivity index (χ1n) is 3.72. The van der Waals surface area contributed by atoms with Gasteiger partial charge in [0.05, 0.1) is 5.69 Å². The van der Waals surface area contributed by atoms with E-state index in [-0.39, 0.29) is 0 Å². The second-order valence-electron chi connectivity index (χ2n) is 2.77. The van der Waals surface area contributed by atoms with Crippen molar-refractivity contribution in [1.82, 2.24) is 0 Å². The molecule has 62 valence electrons. The first-order valence-corrected chi connectivity index (χ1v) is 4.19. The average molecular weight is 177 g/mol. The first-order chi connectivity index (χ1) is 5.69. The Balaban J connectivity index is 3.34. The molecule has 0 spiro atoms. The number of nitrogens with zero attached hydrogens (tertiary/aromatic N) is 1. The molecule has 0 saturated carbocycles. The minimum Gasteiger partial charge on any atom is -0.264 e. The molecule has 0 radical (unpaired) electrons. The molecule has 0 unspecified atom stereocenters. The summed E-state index contributed by atoms with van der Waals surface area (Å²) in [5, 5.41) is 1.69. The normalized spacial score (nSPS) is 9.50. The van der Waals surface area contributed by atoms with Crippen molar-refractivity contribution in [3.63, 3.8) is 0 Å². The topological polar surface area (TPSA) is 12.4 Å². The van der Waals surface area contributed by atoms with Gasteiger partial charge in [-0.05, 0) is 49.4 Å². The quantitative estimate of drug-likeness (QED) is 0.499. The maximum Gasteiger partial charge on any atom is 0.0654 e. The van der Waals surface area contributed by atoms with Gasteiger partial charge in [-0.25, -0.2) is 0 Å². The highest BCUT2D eigenvalue weighted by Crippen LogP contribution is 2.21. The maximum absolute atomic E-state index is 4.87. The van der Waals surface area contributed by atoms with Crippen LogP contribution in [0.3, 0.4) is 0 Å². The Morgan fingerprint density at radius 2 is 2.00 bits per heavy atom. The molecule has 0 saturated heterocycles. The van der Waals surface area contributed by atoms with Crippen molar-refractivity contribution in [2.45, 2.75) is 13.8 Å². The lowest BCUT2D eigenvalue weighted by Gasteiger charge is -2.04. The van der Waals surface area contributed by atoms with E-state index in [1.165, 1.54) is 0 Å². The van der Waals surface area contributed by atoms with E-state index >= 15 is 0 Å². The van der Waals surface area contributed by atoms with Gasteiger partial charge in [0.2, 0.25) is 0 Å². The van der Waals surface area contributed by atoms with Crippen molar-refractivity contribution in [2.75, 3.05) is 0 Å². The summed E-state index contributed by atoms with van der Waals surface area (Å²) >= 11 is 4.87. The Bertz CT molecular complexity index is 295. The minimum atomic E-state index is 0.938. The molecule has 2 heteroatoms. The van der Waals surface area contributed by atoms with Crippen LogP contribution in [-0.2, 0) is 0 Å². The monoisotopic (exact) mass is 177 g/mol. The summed E-state index contributed by atoms with van der Waals surface area (Å²) in [7, 11) is 0. The summed E-state index contributed by atoms with van der Waals surface area (Å²) in [5.74, 6) is 0. The van der Waals surface area contributed by atoms with Crippen LogP contribution in [0.15, 0.2) is 17.1 Å². The average Bonchev–Trinajstić information content (AvgIpc) is 2.08. The van der Waals surface area contributed by atoms with Crippen LogP contribution in [0.25, 0.3) is 0 Å². The van der Waals surface area contributed by atoms with Crippen molar-refractivity contribution in [3.05, 3.63) is 28.8 Å². The molecular weight excluding hydrogens is 166 g/mol. The molecule has 0 bridgehead atoms. The number of aliphatic imine (C=N–C) groups is 1. The molecule has 12 heavy (non-hydrogen) atoms. The smallest absolute Gasteiger partial charge is 0.0654 e. The molecule has 0 N–H and O–H groups in total. The van der Waals surface area contributed by atoms with Crippen molar-refractivity contribution in [3.8, 4) is 0 Å².